The molecule has 1 unspecified atom stereocenters. The second-order valence-electron chi connectivity index (χ2n) is 9.41. The van der Waals surface area contributed by atoms with Gasteiger partial charge in [0, 0.05) is 11.3 Å². The number of hydrogen-bond donors (Lipinski definition) is 1. The smallest absolute Gasteiger partial charge is 0.411 e. The van der Waals surface area contributed by atoms with E-state index in [1.165, 1.54) is 16.2 Å². The highest BCUT2D eigenvalue weighted by Crippen LogP contribution is 2.46. The van der Waals surface area contributed by atoms with Gasteiger partial charge in [-0.05, 0) is 62.2 Å². The maximum Gasteiger partial charge on any atom is 0.411 e. The molecule has 198 valence electrons. The standard InChI is InChI=1S/C28H25N5O5S/c1-14-7-19(24-20(8-14)31-22(36-4)11-30-24)27-32-23-15(2)9-21-25(26(23)39-27)37-13-18(38-21)12-33(28(34)35)17-6-5-16(3)29-10-17/h5-11,18H,12-13H2,1-4H3,(H,34,35). The molecule has 39 heavy (non-hydrogen) atoms. The lowest BCUT2D eigenvalue weighted by Crippen LogP contribution is -2.43. The highest BCUT2D eigenvalue weighted by molar-refractivity contribution is 7.22. The molecule has 5 aromatic rings. The van der Waals surface area contributed by atoms with Gasteiger partial charge in [-0.3, -0.25) is 9.88 Å². The van der Waals surface area contributed by atoms with Crippen LogP contribution >= 0.6 is 11.3 Å². The largest absolute Gasteiger partial charge is 0.484 e. The van der Waals surface area contributed by atoms with E-state index in [1.807, 2.05) is 32.9 Å². The molecule has 0 fully saturated rings. The summed E-state index contributed by atoms with van der Waals surface area (Å²) in [6, 6.07) is 9.43. The zero-order chi connectivity index (χ0) is 27.3. The third-order valence-electron chi connectivity index (χ3n) is 6.52. The molecular formula is C28H25N5O5S. The third kappa shape index (κ3) is 4.54. The van der Waals surface area contributed by atoms with Crippen molar-refractivity contribution in [3.63, 3.8) is 0 Å². The van der Waals surface area contributed by atoms with Crippen LogP contribution in [0.3, 0.4) is 0 Å². The molecule has 1 N–H and O–H groups in total. The Labute approximate surface area is 227 Å². The van der Waals surface area contributed by atoms with Crippen molar-refractivity contribution in [3.8, 4) is 28.0 Å². The Bertz CT molecular complexity index is 1740. The van der Waals surface area contributed by atoms with Crippen molar-refractivity contribution in [1.82, 2.24) is 19.9 Å². The van der Waals surface area contributed by atoms with Gasteiger partial charge in [-0.25, -0.2) is 19.7 Å². The van der Waals surface area contributed by atoms with E-state index in [4.69, 9.17) is 19.2 Å². The molecular weight excluding hydrogens is 518 g/mol. The average molecular weight is 544 g/mol. The first kappa shape index (κ1) is 24.8. The van der Waals surface area contributed by atoms with Crippen molar-refractivity contribution < 1.29 is 24.1 Å². The Morgan fingerprint density at radius 3 is 2.72 bits per heavy atom. The summed E-state index contributed by atoms with van der Waals surface area (Å²) in [5.74, 6) is 1.63. The molecule has 0 radical (unpaired) electrons. The molecule has 6 rings (SSSR count). The van der Waals surface area contributed by atoms with Gasteiger partial charge in [0.1, 0.15) is 16.3 Å². The van der Waals surface area contributed by atoms with E-state index < -0.39 is 12.2 Å². The van der Waals surface area contributed by atoms with Crippen LogP contribution in [-0.4, -0.2) is 57.5 Å². The Morgan fingerprint density at radius 2 is 1.97 bits per heavy atom. The van der Waals surface area contributed by atoms with Gasteiger partial charge in [-0.15, -0.1) is 11.3 Å². The van der Waals surface area contributed by atoms with Gasteiger partial charge in [-0.1, -0.05) is 0 Å². The zero-order valence-electron chi connectivity index (χ0n) is 21.8. The highest BCUT2D eigenvalue weighted by Gasteiger charge is 2.29. The highest BCUT2D eigenvalue weighted by atomic mass is 32.1. The summed E-state index contributed by atoms with van der Waals surface area (Å²) >= 11 is 1.50. The summed E-state index contributed by atoms with van der Waals surface area (Å²) in [5, 5.41) is 10.6. The minimum absolute atomic E-state index is 0.0992. The fourth-order valence-electron chi connectivity index (χ4n) is 4.63. The van der Waals surface area contributed by atoms with Gasteiger partial charge < -0.3 is 19.3 Å². The first-order chi connectivity index (χ1) is 18.8. The van der Waals surface area contributed by atoms with Gasteiger partial charge in [0.05, 0.1) is 48.3 Å². The Hall–Kier alpha value is -4.51. The molecule has 10 nitrogen and oxygen atoms in total. The molecule has 1 aliphatic rings. The number of anilines is 1. The number of carboxylic acid groups (broad SMARTS) is 1. The summed E-state index contributed by atoms with van der Waals surface area (Å²) in [6.45, 7) is 6.13. The van der Waals surface area contributed by atoms with E-state index in [2.05, 4.69) is 21.0 Å². The first-order valence-electron chi connectivity index (χ1n) is 12.3. The number of hydrogen-bond acceptors (Lipinski definition) is 9. The van der Waals surface area contributed by atoms with Crippen LogP contribution in [0.5, 0.6) is 17.4 Å². The van der Waals surface area contributed by atoms with Crippen molar-refractivity contribution in [2.24, 2.45) is 0 Å². The van der Waals surface area contributed by atoms with E-state index in [1.54, 1.807) is 31.6 Å². The molecule has 0 aliphatic carbocycles. The molecule has 1 aliphatic heterocycles. The zero-order valence-corrected chi connectivity index (χ0v) is 22.6. The second kappa shape index (κ2) is 9.66. The summed E-state index contributed by atoms with van der Waals surface area (Å²) in [5.41, 5.74) is 6.43. The fraction of sp³-hybridized carbons (Fsp3) is 0.250. The van der Waals surface area contributed by atoms with Gasteiger partial charge in [0.25, 0.3) is 0 Å². The van der Waals surface area contributed by atoms with Crippen LogP contribution in [0.2, 0.25) is 0 Å². The average Bonchev–Trinajstić information content (AvgIpc) is 3.37. The summed E-state index contributed by atoms with van der Waals surface area (Å²) in [6.07, 6.45) is 1.57. The number of benzene rings is 2. The van der Waals surface area contributed by atoms with E-state index >= 15 is 0 Å². The molecule has 0 bridgehead atoms. The van der Waals surface area contributed by atoms with Gasteiger partial charge in [-0.2, -0.15) is 0 Å². The van der Waals surface area contributed by atoms with Gasteiger partial charge >= 0.3 is 6.09 Å². The number of nitrogens with zero attached hydrogens (tertiary/aromatic N) is 5. The topological polar surface area (TPSA) is 120 Å². The number of rotatable bonds is 5. The number of methoxy groups -OCH3 is 1. The molecule has 1 amide bonds. The van der Waals surface area contributed by atoms with Gasteiger partial charge in [0.2, 0.25) is 5.88 Å². The van der Waals surface area contributed by atoms with Crippen molar-refractivity contribution >= 4 is 44.4 Å². The van der Waals surface area contributed by atoms with E-state index in [9.17, 15) is 9.90 Å². The number of carbonyl (C=O) groups is 1. The number of thiazole rings is 1. The van der Waals surface area contributed by atoms with Crippen molar-refractivity contribution in [1.29, 1.82) is 0 Å². The van der Waals surface area contributed by atoms with Crippen LogP contribution in [0.25, 0.3) is 31.8 Å². The Morgan fingerprint density at radius 1 is 1.13 bits per heavy atom. The predicted octanol–water partition coefficient (Wildman–Crippen LogP) is 5.56. The van der Waals surface area contributed by atoms with E-state index in [-0.39, 0.29) is 13.2 Å². The minimum Gasteiger partial charge on any atom is -0.484 e. The van der Waals surface area contributed by atoms with Crippen molar-refractivity contribution in [2.75, 3.05) is 25.2 Å². The number of ether oxygens (including phenoxy) is 3. The molecule has 0 saturated carbocycles. The monoisotopic (exact) mass is 543 g/mol. The maximum atomic E-state index is 12.0. The van der Waals surface area contributed by atoms with E-state index in [0.717, 1.165) is 48.6 Å². The number of aromatic nitrogens is 4. The van der Waals surface area contributed by atoms with Crippen LogP contribution < -0.4 is 19.1 Å². The lowest BCUT2D eigenvalue weighted by atomic mass is 10.1. The number of fused-ring (bicyclic) bond motifs is 4. The second-order valence-corrected chi connectivity index (χ2v) is 10.4. The maximum absolute atomic E-state index is 12.0. The quantitative estimate of drug-likeness (QED) is 0.304. The SMILES string of the molecule is COc1cnc2c(-c3nc4c(C)cc5c(c4s3)OCC(CN(C(=O)O)c3ccc(C)nc3)O5)cc(C)cc2n1. The summed E-state index contributed by atoms with van der Waals surface area (Å²) in [4.78, 5) is 31.5. The molecule has 3 aromatic heterocycles. The Balaban J connectivity index is 1.35. The number of pyridine rings is 1. The number of amides is 1. The van der Waals surface area contributed by atoms with E-state index in [0.29, 0.717) is 23.1 Å². The lowest BCUT2D eigenvalue weighted by Gasteiger charge is -2.30. The van der Waals surface area contributed by atoms with Crippen molar-refractivity contribution in [3.05, 3.63) is 59.5 Å². The summed E-state index contributed by atoms with van der Waals surface area (Å²) < 4.78 is 18.6. The molecule has 0 spiro atoms. The minimum atomic E-state index is -1.08. The third-order valence-corrected chi connectivity index (χ3v) is 7.61. The number of aryl methyl sites for hydroxylation is 3. The van der Waals surface area contributed by atoms with Crippen LogP contribution in [0.4, 0.5) is 10.5 Å². The van der Waals surface area contributed by atoms with Crippen LogP contribution in [0, 0.1) is 20.8 Å². The molecule has 0 saturated heterocycles. The van der Waals surface area contributed by atoms with Crippen LogP contribution in [0.1, 0.15) is 16.8 Å². The lowest BCUT2D eigenvalue weighted by molar-refractivity contribution is 0.0961. The normalized spacial score (nSPS) is 14.5. The van der Waals surface area contributed by atoms with Crippen LogP contribution in [0.15, 0.2) is 42.7 Å². The van der Waals surface area contributed by atoms with Crippen molar-refractivity contribution in [2.45, 2.75) is 26.9 Å². The fourth-order valence-corrected chi connectivity index (χ4v) is 5.78. The van der Waals surface area contributed by atoms with Crippen LogP contribution in [-0.2, 0) is 0 Å². The molecule has 2 aromatic carbocycles. The molecule has 1 atom stereocenters. The van der Waals surface area contributed by atoms with Gasteiger partial charge in [0.15, 0.2) is 17.6 Å². The molecule has 4 heterocycles. The summed E-state index contributed by atoms with van der Waals surface area (Å²) in [7, 11) is 1.57. The predicted molar refractivity (Wildman–Crippen MR) is 148 cm³/mol. The first-order valence-corrected chi connectivity index (χ1v) is 13.1. The Kier molecular flexibility index (Phi) is 6.15. The molecule has 11 heteroatoms.